The molecule has 0 fully saturated rings. The van der Waals surface area contributed by atoms with Crippen molar-refractivity contribution in [2.75, 3.05) is 0 Å². The van der Waals surface area contributed by atoms with Gasteiger partial charge in [-0.2, -0.15) is 5.26 Å². The topological polar surface area (TPSA) is 52.9 Å². The van der Waals surface area contributed by atoms with E-state index in [9.17, 15) is 4.79 Å². The molecule has 4 heteroatoms. The summed E-state index contributed by atoms with van der Waals surface area (Å²) in [5, 5.41) is 12.3. The first-order chi connectivity index (χ1) is 7.86. The normalized spacial score (nSPS) is 12.6. The molecule has 1 amide bonds. The number of benzene rings is 1. The summed E-state index contributed by atoms with van der Waals surface area (Å²) in [6.45, 7) is 5.39. The van der Waals surface area contributed by atoms with E-state index in [0.717, 1.165) is 0 Å². The van der Waals surface area contributed by atoms with Crippen molar-refractivity contribution in [1.29, 1.82) is 5.26 Å². The monoisotopic (exact) mass is 250 g/mol. The minimum absolute atomic E-state index is 0.177. The predicted octanol–water partition coefficient (Wildman–Crippen LogP) is 3.07. The molecule has 1 rings (SSSR count). The van der Waals surface area contributed by atoms with Gasteiger partial charge in [0.1, 0.15) is 6.04 Å². The molecular weight excluding hydrogens is 236 g/mol. The zero-order valence-electron chi connectivity index (χ0n) is 10.1. The van der Waals surface area contributed by atoms with Crippen molar-refractivity contribution in [3.8, 4) is 6.07 Å². The Kier molecular flexibility index (Phi) is 4.14. The number of carbonyl (C=O) groups is 1. The van der Waals surface area contributed by atoms with Crippen LogP contribution < -0.4 is 5.32 Å². The van der Waals surface area contributed by atoms with Crippen molar-refractivity contribution in [2.45, 2.75) is 26.8 Å². The second-order valence-corrected chi connectivity index (χ2v) is 5.21. The molecule has 0 aromatic heterocycles. The van der Waals surface area contributed by atoms with Gasteiger partial charge in [-0.05, 0) is 6.07 Å². The Balaban J connectivity index is 2.93. The molecule has 0 saturated heterocycles. The maximum Gasteiger partial charge on any atom is 0.226 e. The maximum atomic E-state index is 11.8. The molecule has 0 aliphatic carbocycles. The Labute approximate surface area is 106 Å². The zero-order chi connectivity index (χ0) is 13.1. The lowest BCUT2D eigenvalue weighted by Gasteiger charge is -2.21. The van der Waals surface area contributed by atoms with Crippen molar-refractivity contribution in [1.82, 2.24) is 5.32 Å². The highest BCUT2D eigenvalue weighted by Crippen LogP contribution is 2.23. The van der Waals surface area contributed by atoms with Crippen molar-refractivity contribution in [3.05, 3.63) is 34.9 Å². The van der Waals surface area contributed by atoms with Gasteiger partial charge in [0.05, 0.1) is 6.07 Å². The molecule has 0 aliphatic rings. The van der Waals surface area contributed by atoms with Gasteiger partial charge in [-0.25, -0.2) is 0 Å². The first kappa shape index (κ1) is 13.5. The van der Waals surface area contributed by atoms with Gasteiger partial charge in [-0.1, -0.05) is 50.6 Å². The minimum atomic E-state index is -0.713. The van der Waals surface area contributed by atoms with Crippen LogP contribution in [0.4, 0.5) is 0 Å². The van der Waals surface area contributed by atoms with Crippen LogP contribution in [0.25, 0.3) is 0 Å². The molecule has 90 valence electrons. The van der Waals surface area contributed by atoms with E-state index in [2.05, 4.69) is 5.32 Å². The van der Waals surface area contributed by atoms with Gasteiger partial charge >= 0.3 is 0 Å². The van der Waals surface area contributed by atoms with E-state index < -0.39 is 11.5 Å². The highest BCUT2D eigenvalue weighted by molar-refractivity contribution is 6.31. The first-order valence-electron chi connectivity index (χ1n) is 5.31. The average molecular weight is 251 g/mol. The number of halogens is 1. The van der Waals surface area contributed by atoms with Gasteiger partial charge in [0.25, 0.3) is 0 Å². The molecule has 0 bridgehead atoms. The lowest BCUT2D eigenvalue weighted by Crippen LogP contribution is -2.37. The SMILES string of the molecule is CC(C)(C)C(=O)NC(C#N)c1ccccc1Cl. The number of nitrogens with zero attached hydrogens (tertiary/aromatic N) is 1. The van der Waals surface area contributed by atoms with Gasteiger partial charge in [-0.15, -0.1) is 0 Å². The van der Waals surface area contributed by atoms with Gasteiger partial charge in [-0.3, -0.25) is 4.79 Å². The quantitative estimate of drug-likeness (QED) is 0.877. The minimum Gasteiger partial charge on any atom is -0.336 e. The molecule has 0 radical (unpaired) electrons. The maximum absolute atomic E-state index is 11.8. The molecule has 0 heterocycles. The molecule has 1 aromatic rings. The molecule has 1 unspecified atom stereocenters. The Morgan fingerprint density at radius 1 is 1.41 bits per heavy atom. The Hall–Kier alpha value is -1.53. The third-order valence-corrected chi connectivity index (χ3v) is 2.65. The fraction of sp³-hybridized carbons (Fsp3) is 0.385. The summed E-state index contributed by atoms with van der Waals surface area (Å²) in [6, 6.07) is 8.34. The van der Waals surface area contributed by atoms with Gasteiger partial charge in [0, 0.05) is 16.0 Å². The molecule has 0 spiro atoms. The highest BCUT2D eigenvalue weighted by Gasteiger charge is 2.25. The zero-order valence-corrected chi connectivity index (χ0v) is 10.9. The second kappa shape index (κ2) is 5.20. The molecule has 3 nitrogen and oxygen atoms in total. The molecule has 0 saturated carbocycles. The van der Waals surface area contributed by atoms with Gasteiger partial charge < -0.3 is 5.32 Å². The molecule has 0 aliphatic heterocycles. The van der Waals surface area contributed by atoms with Crippen molar-refractivity contribution in [2.24, 2.45) is 5.41 Å². The van der Waals surface area contributed by atoms with Crippen LogP contribution in [0.1, 0.15) is 32.4 Å². The van der Waals surface area contributed by atoms with Gasteiger partial charge in [0.15, 0.2) is 0 Å². The van der Waals surface area contributed by atoms with Crippen molar-refractivity contribution < 1.29 is 4.79 Å². The van der Waals surface area contributed by atoms with E-state index in [1.165, 1.54) is 0 Å². The Morgan fingerprint density at radius 3 is 2.47 bits per heavy atom. The van der Waals surface area contributed by atoms with E-state index >= 15 is 0 Å². The fourth-order valence-corrected chi connectivity index (χ4v) is 1.48. The van der Waals surface area contributed by atoms with E-state index in [1.54, 1.807) is 45.0 Å². The summed E-state index contributed by atoms with van der Waals surface area (Å²) < 4.78 is 0. The van der Waals surface area contributed by atoms with Crippen molar-refractivity contribution >= 4 is 17.5 Å². The summed E-state index contributed by atoms with van der Waals surface area (Å²) in [5.41, 5.74) is 0.0883. The van der Waals surface area contributed by atoms with Crippen LogP contribution in [0.15, 0.2) is 24.3 Å². The Morgan fingerprint density at radius 2 is 2.00 bits per heavy atom. The largest absolute Gasteiger partial charge is 0.336 e. The standard InChI is InChI=1S/C13H15ClN2O/c1-13(2,3)12(17)16-11(8-15)9-6-4-5-7-10(9)14/h4-7,11H,1-3H3,(H,16,17). The van der Waals surface area contributed by atoms with E-state index in [-0.39, 0.29) is 5.91 Å². The number of hydrogen-bond acceptors (Lipinski definition) is 2. The summed E-state index contributed by atoms with van der Waals surface area (Å²) in [7, 11) is 0. The molecule has 17 heavy (non-hydrogen) atoms. The molecule has 1 aromatic carbocycles. The molecular formula is C13H15ClN2O. The third kappa shape index (κ3) is 3.47. The molecule has 1 atom stereocenters. The summed E-state index contributed by atoms with van der Waals surface area (Å²) in [4.78, 5) is 11.8. The summed E-state index contributed by atoms with van der Waals surface area (Å²) in [5.74, 6) is -0.177. The van der Waals surface area contributed by atoms with Crippen LogP contribution in [0.3, 0.4) is 0 Å². The predicted molar refractivity (Wildman–Crippen MR) is 67.4 cm³/mol. The van der Waals surface area contributed by atoms with E-state index in [1.807, 2.05) is 6.07 Å². The van der Waals surface area contributed by atoms with E-state index in [0.29, 0.717) is 10.6 Å². The number of nitrogens with one attached hydrogen (secondary N) is 1. The Bertz CT molecular complexity index is 457. The van der Waals surface area contributed by atoms with Crippen LogP contribution in [0.2, 0.25) is 5.02 Å². The third-order valence-electron chi connectivity index (χ3n) is 2.30. The second-order valence-electron chi connectivity index (χ2n) is 4.81. The first-order valence-corrected chi connectivity index (χ1v) is 5.69. The van der Waals surface area contributed by atoms with Crippen LogP contribution >= 0.6 is 11.6 Å². The number of rotatable bonds is 2. The number of amides is 1. The number of hydrogen-bond donors (Lipinski definition) is 1. The number of nitriles is 1. The summed E-state index contributed by atoms with van der Waals surface area (Å²) >= 11 is 5.99. The number of carbonyl (C=O) groups excluding carboxylic acids is 1. The van der Waals surface area contributed by atoms with Crippen LogP contribution in [-0.2, 0) is 4.79 Å². The van der Waals surface area contributed by atoms with Crippen LogP contribution in [0, 0.1) is 16.7 Å². The van der Waals surface area contributed by atoms with Crippen molar-refractivity contribution in [3.63, 3.8) is 0 Å². The highest BCUT2D eigenvalue weighted by atomic mass is 35.5. The average Bonchev–Trinajstić information content (AvgIpc) is 2.25. The summed E-state index contributed by atoms with van der Waals surface area (Å²) in [6.07, 6.45) is 0. The fourth-order valence-electron chi connectivity index (χ4n) is 1.24. The smallest absolute Gasteiger partial charge is 0.226 e. The van der Waals surface area contributed by atoms with Crippen LogP contribution in [-0.4, -0.2) is 5.91 Å². The lowest BCUT2D eigenvalue weighted by molar-refractivity contribution is -0.128. The van der Waals surface area contributed by atoms with E-state index in [4.69, 9.17) is 16.9 Å². The lowest BCUT2D eigenvalue weighted by atomic mass is 9.94. The van der Waals surface area contributed by atoms with Crippen LogP contribution in [0.5, 0.6) is 0 Å². The molecule has 1 N–H and O–H groups in total. The van der Waals surface area contributed by atoms with Gasteiger partial charge in [0.2, 0.25) is 5.91 Å².